The molecular formula is C15H23ClN2O2. The second-order valence-corrected chi connectivity index (χ2v) is 5.32. The lowest BCUT2D eigenvalue weighted by Gasteiger charge is -2.16. The predicted molar refractivity (Wildman–Crippen MR) is 82.8 cm³/mol. The van der Waals surface area contributed by atoms with Crippen molar-refractivity contribution in [3.63, 3.8) is 0 Å². The van der Waals surface area contributed by atoms with Gasteiger partial charge in [0.05, 0.1) is 11.1 Å². The molecule has 0 bridgehead atoms. The Bertz CT molecular complexity index is 449. The third kappa shape index (κ3) is 5.29. The van der Waals surface area contributed by atoms with E-state index in [0.29, 0.717) is 16.3 Å². The summed E-state index contributed by atoms with van der Waals surface area (Å²) < 4.78 is 5.82. The summed E-state index contributed by atoms with van der Waals surface area (Å²) in [6, 6.07) is 5.11. The Morgan fingerprint density at radius 2 is 2.15 bits per heavy atom. The summed E-state index contributed by atoms with van der Waals surface area (Å²) in [5.41, 5.74) is 6.08. The molecule has 4 nitrogen and oxygen atoms in total. The zero-order valence-corrected chi connectivity index (χ0v) is 12.9. The molecule has 0 aliphatic carbocycles. The fourth-order valence-electron chi connectivity index (χ4n) is 1.95. The molecular weight excluding hydrogens is 276 g/mol. The maximum absolute atomic E-state index is 8.62. The molecule has 0 radical (unpaired) electrons. The van der Waals surface area contributed by atoms with Crippen LogP contribution in [0, 0.1) is 0 Å². The highest BCUT2D eigenvalue weighted by atomic mass is 35.5. The first-order chi connectivity index (χ1) is 9.58. The van der Waals surface area contributed by atoms with Gasteiger partial charge in [0.15, 0.2) is 5.84 Å². The molecule has 0 fully saturated rings. The Hall–Kier alpha value is -1.42. The molecule has 0 saturated carbocycles. The fourth-order valence-corrected chi connectivity index (χ4v) is 2.17. The molecule has 1 rings (SSSR count). The van der Waals surface area contributed by atoms with Crippen molar-refractivity contribution in [2.24, 2.45) is 10.9 Å². The predicted octanol–water partition coefficient (Wildman–Crippen LogP) is 4.17. The van der Waals surface area contributed by atoms with Crippen molar-refractivity contribution in [1.29, 1.82) is 0 Å². The van der Waals surface area contributed by atoms with Crippen molar-refractivity contribution in [2.45, 2.75) is 52.1 Å². The lowest BCUT2D eigenvalue weighted by molar-refractivity contribution is 0.206. The van der Waals surface area contributed by atoms with Gasteiger partial charge in [0.1, 0.15) is 5.75 Å². The van der Waals surface area contributed by atoms with Gasteiger partial charge in [0.2, 0.25) is 0 Å². The Labute approximate surface area is 125 Å². The van der Waals surface area contributed by atoms with E-state index >= 15 is 0 Å². The van der Waals surface area contributed by atoms with Crippen molar-refractivity contribution in [3.05, 3.63) is 28.8 Å². The number of amidine groups is 1. The van der Waals surface area contributed by atoms with Crippen LogP contribution >= 0.6 is 11.6 Å². The number of nitrogens with zero attached hydrogens (tertiary/aromatic N) is 1. The summed E-state index contributed by atoms with van der Waals surface area (Å²) in [5.74, 6) is 0.662. The number of rotatable bonds is 8. The van der Waals surface area contributed by atoms with Crippen molar-refractivity contribution in [3.8, 4) is 5.75 Å². The first kappa shape index (κ1) is 16.6. The molecule has 0 aliphatic rings. The van der Waals surface area contributed by atoms with Crippen LogP contribution in [0.15, 0.2) is 23.4 Å². The van der Waals surface area contributed by atoms with Gasteiger partial charge < -0.3 is 15.7 Å². The van der Waals surface area contributed by atoms with Gasteiger partial charge in [-0.25, -0.2) is 0 Å². The minimum Gasteiger partial charge on any atom is -0.489 e. The van der Waals surface area contributed by atoms with E-state index < -0.39 is 0 Å². The van der Waals surface area contributed by atoms with Gasteiger partial charge in [-0.05, 0) is 38.0 Å². The smallest absolute Gasteiger partial charge is 0.170 e. The highest BCUT2D eigenvalue weighted by Gasteiger charge is 2.09. The third-order valence-corrected chi connectivity index (χ3v) is 3.42. The van der Waals surface area contributed by atoms with Crippen LogP contribution in [0.5, 0.6) is 5.75 Å². The van der Waals surface area contributed by atoms with E-state index in [9.17, 15) is 0 Å². The molecule has 1 aromatic rings. The standard InChI is InChI=1S/C15H23ClN2O2/c1-3-4-5-6-7-11(2)20-14-9-8-12(10-13(14)16)15(17)18-19/h8-11,19H,3-7H2,1-2H3,(H2,17,18). The molecule has 3 N–H and O–H groups in total. The molecule has 112 valence electrons. The Morgan fingerprint density at radius 3 is 2.75 bits per heavy atom. The highest BCUT2D eigenvalue weighted by molar-refractivity contribution is 6.32. The second kappa shape index (κ2) is 8.69. The van der Waals surface area contributed by atoms with E-state index in [1.807, 2.05) is 6.92 Å². The van der Waals surface area contributed by atoms with Gasteiger partial charge in [0, 0.05) is 5.56 Å². The van der Waals surface area contributed by atoms with Gasteiger partial charge in [-0.15, -0.1) is 0 Å². The Kier molecular flexibility index (Phi) is 7.23. The summed E-state index contributed by atoms with van der Waals surface area (Å²) in [5, 5.41) is 12.0. The number of oxime groups is 1. The average molecular weight is 299 g/mol. The molecule has 0 amide bonds. The van der Waals surface area contributed by atoms with Crippen molar-refractivity contribution in [2.75, 3.05) is 0 Å². The number of halogens is 1. The lowest BCUT2D eigenvalue weighted by Crippen LogP contribution is -2.14. The second-order valence-electron chi connectivity index (χ2n) is 4.91. The first-order valence-corrected chi connectivity index (χ1v) is 7.40. The highest BCUT2D eigenvalue weighted by Crippen LogP contribution is 2.27. The lowest BCUT2D eigenvalue weighted by atomic mass is 10.1. The summed E-state index contributed by atoms with van der Waals surface area (Å²) >= 11 is 6.14. The van der Waals surface area contributed by atoms with Gasteiger partial charge in [-0.2, -0.15) is 0 Å². The first-order valence-electron chi connectivity index (χ1n) is 7.02. The minimum absolute atomic E-state index is 0.0334. The fraction of sp³-hybridized carbons (Fsp3) is 0.533. The van der Waals surface area contributed by atoms with Crippen molar-refractivity contribution in [1.82, 2.24) is 0 Å². The molecule has 0 aliphatic heterocycles. The van der Waals surface area contributed by atoms with Crippen LogP contribution in [0.2, 0.25) is 5.02 Å². The summed E-state index contributed by atoms with van der Waals surface area (Å²) in [4.78, 5) is 0. The van der Waals surface area contributed by atoms with Crippen LogP contribution < -0.4 is 10.5 Å². The summed E-state index contributed by atoms with van der Waals surface area (Å²) in [6.45, 7) is 4.24. The maximum atomic E-state index is 8.62. The molecule has 0 saturated heterocycles. The van der Waals surface area contributed by atoms with Crippen LogP contribution in [0.25, 0.3) is 0 Å². The number of hydrogen-bond donors (Lipinski definition) is 2. The Balaban J connectivity index is 2.55. The van der Waals surface area contributed by atoms with E-state index in [-0.39, 0.29) is 11.9 Å². The van der Waals surface area contributed by atoms with Gasteiger partial charge >= 0.3 is 0 Å². The van der Waals surface area contributed by atoms with E-state index in [4.69, 9.17) is 27.3 Å². The van der Waals surface area contributed by atoms with Gasteiger partial charge in [-0.3, -0.25) is 0 Å². The molecule has 5 heteroatoms. The summed E-state index contributed by atoms with van der Waals surface area (Å²) in [6.07, 6.45) is 6.03. The van der Waals surface area contributed by atoms with Crippen LogP contribution in [-0.2, 0) is 0 Å². The monoisotopic (exact) mass is 298 g/mol. The molecule has 0 heterocycles. The zero-order chi connectivity index (χ0) is 15.0. The van der Waals surface area contributed by atoms with Crippen LogP contribution in [0.3, 0.4) is 0 Å². The van der Waals surface area contributed by atoms with E-state index in [0.717, 1.165) is 12.8 Å². The molecule has 0 spiro atoms. The number of nitrogens with two attached hydrogens (primary N) is 1. The topological polar surface area (TPSA) is 67.8 Å². The largest absolute Gasteiger partial charge is 0.489 e. The van der Waals surface area contributed by atoms with Crippen LogP contribution in [0.1, 0.15) is 51.5 Å². The van der Waals surface area contributed by atoms with Crippen LogP contribution in [-0.4, -0.2) is 17.1 Å². The zero-order valence-electron chi connectivity index (χ0n) is 12.1. The van der Waals surface area contributed by atoms with E-state index in [2.05, 4.69) is 12.1 Å². The number of hydrogen-bond acceptors (Lipinski definition) is 3. The molecule has 1 unspecified atom stereocenters. The maximum Gasteiger partial charge on any atom is 0.170 e. The number of ether oxygens (including phenoxy) is 1. The average Bonchev–Trinajstić information content (AvgIpc) is 2.45. The quantitative estimate of drug-likeness (QED) is 0.249. The molecule has 0 aromatic heterocycles. The van der Waals surface area contributed by atoms with Crippen molar-refractivity contribution < 1.29 is 9.94 Å². The SMILES string of the molecule is CCCCCCC(C)Oc1ccc(C(N)=NO)cc1Cl. The third-order valence-electron chi connectivity index (χ3n) is 3.13. The minimum atomic E-state index is 0.0334. The number of benzene rings is 1. The molecule has 1 aromatic carbocycles. The molecule has 1 atom stereocenters. The molecule has 20 heavy (non-hydrogen) atoms. The van der Waals surface area contributed by atoms with E-state index in [1.165, 1.54) is 19.3 Å². The van der Waals surface area contributed by atoms with E-state index in [1.54, 1.807) is 18.2 Å². The number of unbranched alkanes of at least 4 members (excludes halogenated alkanes) is 3. The van der Waals surface area contributed by atoms with Crippen LogP contribution in [0.4, 0.5) is 0 Å². The van der Waals surface area contributed by atoms with Crippen molar-refractivity contribution >= 4 is 17.4 Å². The van der Waals surface area contributed by atoms with Gasteiger partial charge in [-0.1, -0.05) is 42.9 Å². The normalized spacial score (nSPS) is 13.2. The Morgan fingerprint density at radius 1 is 1.40 bits per heavy atom. The summed E-state index contributed by atoms with van der Waals surface area (Å²) in [7, 11) is 0. The van der Waals surface area contributed by atoms with Gasteiger partial charge in [0.25, 0.3) is 0 Å².